The van der Waals surface area contributed by atoms with Gasteiger partial charge in [-0.25, -0.2) is 0 Å². The number of rotatable bonds is 6. The Morgan fingerprint density at radius 3 is 2.67 bits per heavy atom. The summed E-state index contributed by atoms with van der Waals surface area (Å²) in [6.45, 7) is 4.94. The molecule has 1 rings (SSSR count). The first-order chi connectivity index (χ1) is 7.29. The van der Waals surface area contributed by atoms with E-state index in [-0.39, 0.29) is 12.4 Å². The standard InChI is InChI=1S/C13H18O2/c1-3-9-15-10-13(14)12-8-6-5-7-11(12)4-2/h5-8H,3-4,9-10H2,1-2H3. The van der Waals surface area contributed by atoms with Crippen LogP contribution in [0.1, 0.15) is 36.2 Å². The first-order valence-electron chi connectivity index (χ1n) is 5.48. The molecule has 0 aliphatic rings. The molecule has 0 spiro atoms. The Morgan fingerprint density at radius 2 is 2.00 bits per heavy atom. The maximum absolute atomic E-state index is 11.8. The van der Waals surface area contributed by atoms with Crippen LogP contribution < -0.4 is 0 Å². The van der Waals surface area contributed by atoms with Crippen molar-refractivity contribution in [3.63, 3.8) is 0 Å². The van der Waals surface area contributed by atoms with Crippen molar-refractivity contribution >= 4 is 5.78 Å². The molecule has 0 aromatic heterocycles. The lowest BCUT2D eigenvalue weighted by molar-refractivity contribution is 0.0760. The average Bonchev–Trinajstić information content (AvgIpc) is 2.29. The van der Waals surface area contributed by atoms with Crippen LogP contribution in [0, 0.1) is 0 Å². The van der Waals surface area contributed by atoms with E-state index in [1.165, 1.54) is 0 Å². The Hall–Kier alpha value is -1.15. The molecule has 2 nitrogen and oxygen atoms in total. The fourth-order valence-electron chi connectivity index (χ4n) is 1.49. The molecular weight excluding hydrogens is 188 g/mol. The second-order valence-electron chi connectivity index (χ2n) is 3.49. The number of hydrogen-bond donors (Lipinski definition) is 0. The molecule has 0 atom stereocenters. The summed E-state index contributed by atoms with van der Waals surface area (Å²) in [5.41, 5.74) is 1.90. The molecule has 0 aliphatic carbocycles. The molecule has 0 saturated carbocycles. The number of carbonyl (C=O) groups is 1. The van der Waals surface area contributed by atoms with E-state index in [4.69, 9.17) is 4.74 Å². The zero-order chi connectivity index (χ0) is 11.1. The highest BCUT2D eigenvalue weighted by atomic mass is 16.5. The topological polar surface area (TPSA) is 26.3 Å². The van der Waals surface area contributed by atoms with Crippen LogP contribution in [0.4, 0.5) is 0 Å². The lowest BCUT2D eigenvalue weighted by Gasteiger charge is -2.06. The highest BCUT2D eigenvalue weighted by molar-refractivity contribution is 5.98. The largest absolute Gasteiger partial charge is 0.373 e. The lowest BCUT2D eigenvalue weighted by atomic mass is 10.0. The number of hydrogen-bond acceptors (Lipinski definition) is 2. The summed E-state index contributed by atoms with van der Waals surface area (Å²) >= 11 is 0. The normalized spacial score (nSPS) is 10.3. The molecule has 82 valence electrons. The van der Waals surface area contributed by atoms with Gasteiger partial charge in [0.05, 0.1) is 0 Å². The van der Waals surface area contributed by atoms with Crippen LogP contribution in [0.3, 0.4) is 0 Å². The summed E-state index contributed by atoms with van der Waals surface area (Å²) in [5.74, 6) is 0.0842. The molecule has 0 fully saturated rings. The molecule has 0 unspecified atom stereocenters. The van der Waals surface area contributed by atoms with E-state index in [0.717, 1.165) is 24.0 Å². The van der Waals surface area contributed by atoms with Crippen LogP contribution in [0.15, 0.2) is 24.3 Å². The van der Waals surface area contributed by atoms with Crippen molar-refractivity contribution in [1.29, 1.82) is 0 Å². The highest BCUT2D eigenvalue weighted by Gasteiger charge is 2.09. The fraction of sp³-hybridized carbons (Fsp3) is 0.462. The van der Waals surface area contributed by atoms with Gasteiger partial charge >= 0.3 is 0 Å². The van der Waals surface area contributed by atoms with E-state index < -0.39 is 0 Å². The minimum atomic E-state index is 0.0842. The van der Waals surface area contributed by atoms with E-state index in [0.29, 0.717) is 6.61 Å². The van der Waals surface area contributed by atoms with E-state index in [1.807, 2.05) is 31.2 Å². The van der Waals surface area contributed by atoms with Gasteiger partial charge in [0.2, 0.25) is 0 Å². The van der Waals surface area contributed by atoms with Crippen LogP contribution in [0.2, 0.25) is 0 Å². The van der Waals surface area contributed by atoms with Gasteiger partial charge in [0.1, 0.15) is 6.61 Å². The van der Waals surface area contributed by atoms with Gasteiger partial charge in [-0.1, -0.05) is 38.1 Å². The van der Waals surface area contributed by atoms with Gasteiger partial charge in [0.25, 0.3) is 0 Å². The zero-order valence-electron chi connectivity index (χ0n) is 9.45. The molecule has 1 aromatic carbocycles. The van der Waals surface area contributed by atoms with Crippen molar-refractivity contribution in [2.45, 2.75) is 26.7 Å². The molecule has 15 heavy (non-hydrogen) atoms. The van der Waals surface area contributed by atoms with Crippen LogP contribution in [0.5, 0.6) is 0 Å². The first-order valence-corrected chi connectivity index (χ1v) is 5.48. The predicted molar refractivity (Wildman–Crippen MR) is 61.3 cm³/mol. The van der Waals surface area contributed by atoms with Gasteiger partial charge < -0.3 is 4.74 Å². The SMILES string of the molecule is CCCOCC(=O)c1ccccc1CC. The van der Waals surface area contributed by atoms with Crippen LogP contribution >= 0.6 is 0 Å². The van der Waals surface area contributed by atoms with Gasteiger partial charge in [-0.15, -0.1) is 0 Å². The number of carbonyl (C=O) groups excluding carboxylic acids is 1. The number of Topliss-reactive ketones (excluding diaryl/α,β-unsaturated/α-hetero) is 1. The molecular formula is C13H18O2. The maximum Gasteiger partial charge on any atom is 0.188 e. The first kappa shape index (κ1) is 11.9. The summed E-state index contributed by atoms with van der Waals surface area (Å²) in [6, 6.07) is 7.72. The van der Waals surface area contributed by atoms with Gasteiger partial charge in [-0.3, -0.25) is 4.79 Å². The molecule has 1 aromatic rings. The molecule has 0 aliphatic heterocycles. The van der Waals surface area contributed by atoms with Gasteiger partial charge in [-0.05, 0) is 18.4 Å². The van der Waals surface area contributed by atoms with Crippen molar-refractivity contribution in [1.82, 2.24) is 0 Å². The summed E-state index contributed by atoms with van der Waals surface area (Å²) in [7, 11) is 0. The number of benzene rings is 1. The second-order valence-corrected chi connectivity index (χ2v) is 3.49. The summed E-state index contributed by atoms with van der Waals surface area (Å²) in [5, 5.41) is 0. The molecule has 0 heterocycles. The Labute approximate surface area is 91.3 Å². The zero-order valence-corrected chi connectivity index (χ0v) is 9.45. The average molecular weight is 206 g/mol. The van der Waals surface area contributed by atoms with Crippen molar-refractivity contribution < 1.29 is 9.53 Å². The smallest absolute Gasteiger partial charge is 0.188 e. The Morgan fingerprint density at radius 1 is 1.27 bits per heavy atom. The van der Waals surface area contributed by atoms with E-state index >= 15 is 0 Å². The molecule has 2 heteroatoms. The number of ether oxygens (including phenoxy) is 1. The van der Waals surface area contributed by atoms with Gasteiger partial charge in [0, 0.05) is 12.2 Å². The van der Waals surface area contributed by atoms with Crippen molar-refractivity contribution in [3.05, 3.63) is 35.4 Å². The minimum absolute atomic E-state index is 0.0842. The summed E-state index contributed by atoms with van der Waals surface area (Å²) < 4.78 is 5.25. The number of aryl methyl sites for hydroxylation is 1. The van der Waals surface area contributed by atoms with Gasteiger partial charge in [0.15, 0.2) is 5.78 Å². The summed E-state index contributed by atoms with van der Waals surface area (Å²) in [6.07, 6.45) is 1.83. The molecule has 0 N–H and O–H groups in total. The molecule has 0 radical (unpaired) electrons. The summed E-state index contributed by atoms with van der Waals surface area (Å²) in [4.78, 5) is 11.8. The Kier molecular flexibility index (Phi) is 5.05. The molecule has 0 saturated heterocycles. The third kappa shape index (κ3) is 3.48. The number of ketones is 1. The fourth-order valence-corrected chi connectivity index (χ4v) is 1.49. The van der Waals surface area contributed by atoms with Gasteiger partial charge in [-0.2, -0.15) is 0 Å². The van der Waals surface area contributed by atoms with Crippen molar-refractivity contribution in [2.24, 2.45) is 0 Å². The van der Waals surface area contributed by atoms with Crippen molar-refractivity contribution in [3.8, 4) is 0 Å². The Bertz CT molecular complexity index is 318. The minimum Gasteiger partial charge on any atom is -0.373 e. The third-order valence-corrected chi connectivity index (χ3v) is 2.28. The van der Waals surface area contributed by atoms with E-state index in [9.17, 15) is 4.79 Å². The quantitative estimate of drug-likeness (QED) is 0.528. The molecule has 0 amide bonds. The van der Waals surface area contributed by atoms with Crippen LogP contribution in [-0.2, 0) is 11.2 Å². The predicted octanol–water partition coefficient (Wildman–Crippen LogP) is 2.86. The third-order valence-electron chi connectivity index (χ3n) is 2.28. The maximum atomic E-state index is 11.8. The highest BCUT2D eigenvalue weighted by Crippen LogP contribution is 2.10. The van der Waals surface area contributed by atoms with Crippen LogP contribution in [0.25, 0.3) is 0 Å². The molecule has 0 bridgehead atoms. The lowest BCUT2D eigenvalue weighted by Crippen LogP contribution is -2.11. The van der Waals surface area contributed by atoms with Crippen molar-refractivity contribution in [2.75, 3.05) is 13.2 Å². The van der Waals surface area contributed by atoms with E-state index in [2.05, 4.69) is 6.92 Å². The Balaban J connectivity index is 2.64. The monoisotopic (exact) mass is 206 g/mol. The second kappa shape index (κ2) is 6.36. The van der Waals surface area contributed by atoms with E-state index in [1.54, 1.807) is 0 Å². The van der Waals surface area contributed by atoms with Crippen LogP contribution in [-0.4, -0.2) is 19.0 Å².